The van der Waals surface area contributed by atoms with Crippen molar-refractivity contribution in [3.63, 3.8) is 0 Å². The predicted octanol–water partition coefficient (Wildman–Crippen LogP) is 1.10. The molecular weight excluding hydrogens is 128 g/mol. The highest BCUT2D eigenvalue weighted by Crippen LogP contribution is 2.38. The quantitative estimate of drug-likeness (QED) is 0.619. The molecule has 0 bridgehead atoms. The van der Waals surface area contributed by atoms with Gasteiger partial charge in [0.15, 0.2) is 12.1 Å². The molecule has 1 aliphatic carbocycles. The maximum absolute atomic E-state index is 10.2. The number of hydrogen-bond acceptors (Lipinski definition) is 2. The molecule has 1 heterocycles. The Morgan fingerprint density at radius 2 is 2.50 bits per heavy atom. The number of carbonyl (C=O) groups is 1. The van der Waals surface area contributed by atoms with Gasteiger partial charge in [-0.3, -0.25) is 4.79 Å². The molecule has 0 amide bonds. The summed E-state index contributed by atoms with van der Waals surface area (Å²) >= 11 is 0. The van der Waals surface area contributed by atoms with Crippen LogP contribution in [0.5, 0.6) is 0 Å². The van der Waals surface area contributed by atoms with E-state index in [2.05, 4.69) is 9.97 Å². The summed E-state index contributed by atoms with van der Waals surface area (Å²) in [6.07, 6.45) is 4.97. The van der Waals surface area contributed by atoms with Crippen LogP contribution in [0.3, 0.4) is 0 Å². The van der Waals surface area contributed by atoms with E-state index < -0.39 is 0 Å². The summed E-state index contributed by atoms with van der Waals surface area (Å²) in [7, 11) is 0. The average Bonchev–Trinajstić information content (AvgIpc) is 2.70. The lowest BCUT2D eigenvalue weighted by atomic mass is 10.3. The number of nitrogens with one attached hydrogen (secondary N) is 1. The van der Waals surface area contributed by atoms with E-state index >= 15 is 0 Å². The number of aromatic nitrogens is 2. The van der Waals surface area contributed by atoms with Gasteiger partial charge in [0, 0.05) is 17.8 Å². The number of nitrogens with zero attached hydrogens (tertiary/aromatic N) is 1. The first kappa shape index (κ1) is 5.65. The third-order valence-electron chi connectivity index (χ3n) is 1.74. The van der Waals surface area contributed by atoms with Crippen molar-refractivity contribution in [3.05, 3.63) is 17.7 Å². The molecule has 1 saturated carbocycles. The van der Waals surface area contributed by atoms with Gasteiger partial charge in [0.1, 0.15) is 0 Å². The Morgan fingerprint density at radius 1 is 1.70 bits per heavy atom. The lowest BCUT2D eigenvalue weighted by Crippen LogP contribution is -1.82. The molecule has 10 heavy (non-hydrogen) atoms. The van der Waals surface area contributed by atoms with Gasteiger partial charge in [-0.15, -0.1) is 0 Å². The van der Waals surface area contributed by atoms with E-state index in [0.29, 0.717) is 11.7 Å². The average molecular weight is 136 g/mol. The number of aromatic amines is 1. The van der Waals surface area contributed by atoms with Crippen LogP contribution < -0.4 is 0 Å². The number of imidazole rings is 1. The second-order valence-electron chi connectivity index (χ2n) is 2.62. The van der Waals surface area contributed by atoms with Gasteiger partial charge in [0.05, 0.1) is 0 Å². The molecule has 1 aromatic rings. The molecule has 52 valence electrons. The minimum absolute atomic E-state index is 0.446. The van der Waals surface area contributed by atoms with Crippen LogP contribution in [0.25, 0.3) is 0 Å². The van der Waals surface area contributed by atoms with E-state index in [-0.39, 0.29) is 0 Å². The van der Waals surface area contributed by atoms with E-state index in [9.17, 15) is 4.79 Å². The molecule has 3 heteroatoms. The van der Waals surface area contributed by atoms with Crippen LogP contribution >= 0.6 is 0 Å². The van der Waals surface area contributed by atoms with Crippen molar-refractivity contribution < 1.29 is 4.79 Å². The van der Waals surface area contributed by atoms with E-state index in [4.69, 9.17) is 0 Å². The van der Waals surface area contributed by atoms with Gasteiger partial charge in [0.2, 0.25) is 0 Å². The second kappa shape index (κ2) is 1.94. The zero-order chi connectivity index (χ0) is 6.97. The number of carbonyl (C=O) groups excluding carboxylic acids is 1. The monoisotopic (exact) mass is 136 g/mol. The zero-order valence-corrected chi connectivity index (χ0v) is 5.50. The third-order valence-corrected chi connectivity index (χ3v) is 1.74. The van der Waals surface area contributed by atoms with Crippen LogP contribution in [0, 0.1) is 0 Å². The topological polar surface area (TPSA) is 45.8 Å². The SMILES string of the molecule is O=Cc1ncc(C2CC2)[nH]1. The van der Waals surface area contributed by atoms with Crippen LogP contribution in [0.1, 0.15) is 35.1 Å². The molecule has 1 N–H and O–H groups in total. The minimum Gasteiger partial charge on any atom is -0.339 e. The normalized spacial score (nSPS) is 17.2. The first-order valence-electron chi connectivity index (χ1n) is 3.40. The standard InChI is InChI=1S/C7H8N2O/c10-4-7-8-3-6(9-7)5-1-2-5/h3-5H,1-2H2,(H,8,9). The summed E-state index contributed by atoms with van der Waals surface area (Å²) in [4.78, 5) is 17.0. The van der Waals surface area contributed by atoms with E-state index in [1.54, 1.807) is 6.20 Å². The van der Waals surface area contributed by atoms with E-state index in [0.717, 1.165) is 12.0 Å². The molecule has 1 fully saturated rings. The molecule has 0 radical (unpaired) electrons. The smallest absolute Gasteiger partial charge is 0.185 e. The third kappa shape index (κ3) is 0.835. The first-order chi connectivity index (χ1) is 4.90. The van der Waals surface area contributed by atoms with Crippen molar-refractivity contribution in [1.29, 1.82) is 0 Å². The summed E-state index contributed by atoms with van der Waals surface area (Å²) in [5, 5.41) is 0. The maximum Gasteiger partial charge on any atom is 0.185 e. The highest BCUT2D eigenvalue weighted by molar-refractivity contribution is 5.68. The Kier molecular flexibility index (Phi) is 1.09. The molecule has 1 aromatic heterocycles. The maximum atomic E-state index is 10.2. The molecular formula is C7H8N2O. The summed E-state index contributed by atoms with van der Waals surface area (Å²) in [6, 6.07) is 0. The fourth-order valence-electron chi connectivity index (χ4n) is 1.01. The number of rotatable bonds is 2. The highest BCUT2D eigenvalue weighted by Gasteiger charge is 2.25. The van der Waals surface area contributed by atoms with Gasteiger partial charge >= 0.3 is 0 Å². The summed E-state index contributed by atoms with van der Waals surface area (Å²) in [6.45, 7) is 0. The fourth-order valence-corrected chi connectivity index (χ4v) is 1.01. The largest absolute Gasteiger partial charge is 0.339 e. The van der Waals surface area contributed by atoms with Crippen LogP contribution in [0.15, 0.2) is 6.20 Å². The zero-order valence-electron chi connectivity index (χ0n) is 5.50. The summed E-state index contributed by atoms with van der Waals surface area (Å²) in [5.41, 5.74) is 1.11. The number of hydrogen-bond donors (Lipinski definition) is 1. The molecule has 1 aliphatic rings. The fraction of sp³-hybridized carbons (Fsp3) is 0.429. The molecule has 2 rings (SSSR count). The van der Waals surface area contributed by atoms with Crippen molar-refractivity contribution in [2.45, 2.75) is 18.8 Å². The van der Waals surface area contributed by atoms with Gasteiger partial charge in [-0.25, -0.2) is 4.98 Å². The first-order valence-corrected chi connectivity index (χ1v) is 3.40. The van der Waals surface area contributed by atoms with Gasteiger partial charge in [0.25, 0.3) is 0 Å². The minimum atomic E-state index is 0.446. The Morgan fingerprint density at radius 3 is 3.00 bits per heavy atom. The molecule has 0 unspecified atom stereocenters. The van der Waals surface area contributed by atoms with Crippen LogP contribution in [0.4, 0.5) is 0 Å². The molecule has 0 saturated heterocycles. The van der Waals surface area contributed by atoms with Crippen molar-refractivity contribution >= 4 is 6.29 Å². The molecule has 0 atom stereocenters. The Labute approximate surface area is 58.5 Å². The predicted molar refractivity (Wildman–Crippen MR) is 36.0 cm³/mol. The lowest BCUT2D eigenvalue weighted by molar-refractivity contribution is 0.111. The van der Waals surface area contributed by atoms with Crippen molar-refractivity contribution in [2.75, 3.05) is 0 Å². The molecule has 0 aromatic carbocycles. The highest BCUT2D eigenvalue weighted by atomic mass is 16.1. The summed E-state index contributed by atoms with van der Waals surface area (Å²) in [5.74, 6) is 1.10. The van der Waals surface area contributed by atoms with Crippen molar-refractivity contribution in [1.82, 2.24) is 9.97 Å². The van der Waals surface area contributed by atoms with E-state index in [1.165, 1.54) is 12.8 Å². The molecule has 3 nitrogen and oxygen atoms in total. The summed E-state index contributed by atoms with van der Waals surface area (Å²) < 4.78 is 0. The molecule has 0 spiro atoms. The van der Waals surface area contributed by atoms with E-state index in [1.807, 2.05) is 0 Å². The van der Waals surface area contributed by atoms with Crippen LogP contribution in [-0.2, 0) is 0 Å². The van der Waals surface area contributed by atoms with Gasteiger partial charge in [-0.1, -0.05) is 0 Å². The van der Waals surface area contributed by atoms with Gasteiger partial charge in [-0.2, -0.15) is 0 Å². The Hall–Kier alpha value is -1.12. The van der Waals surface area contributed by atoms with Crippen molar-refractivity contribution in [2.24, 2.45) is 0 Å². The Bertz CT molecular complexity index is 250. The van der Waals surface area contributed by atoms with Crippen molar-refractivity contribution in [3.8, 4) is 0 Å². The second-order valence-corrected chi connectivity index (χ2v) is 2.62. The number of H-pyrrole nitrogens is 1. The molecule has 0 aliphatic heterocycles. The number of aldehydes is 1. The Balaban J connectivity index is 2.26. The van der Waals surface area contributed by atoms with Gasteiger partial charge in [-0.05, 0) is 12.8 Å². The van der Waals surface area contributed by atoms with Gasteiger partial charge < -0.3 is 4.98 Å². The van der Waals surface area contributed by atoms with Crippen LogP contribution in [-0.4, -0.2) is 16.3 Å². The lowest BCUT2D eigenvalue weighted by Gasteiger charge is -1.84. The van der Waals surface area contributed by atoms with Crippen LogP contribution in [0.2, 0.25) is 0 Å².